The number of hydrogen-bond acceptors (Lipinski definition) is 7. The molecule has 3 rings (SSSR count). The maximum Gasteiger partial charge on any atom is 0.184 e. The molecular formula is C11H13FN4O4. The zero-order valence-electron chi connectivity index (χ0n) is 10.2. The van der Waals surface area contributed by atoms with Crippen LogP contribution in [0.3, 0.4) is 0 Å². The normalized spacial score (nSPS) is 30.2. The van der Waals surface area contributed by atoms with E-state index < -0.39 is 30.4 Å². The van der Waals surface area contributed by atoms with E-state index in [4.69, 9.17) is 10.5 Å². The van der Waals surface area contributed by atoms with E-state index in [1.54, 1.807) is 0 Å². The average molecular weight is 284 g/mol. The molecule has 0 spiro atoms. The number of fused-ring (bicyclic) bond motifs is 1. The van der Waals surface area contributed by atoms with E-state index in [1.165, 1.54) is 10.9 Å². The Labute approximate surface area is 112 Å². The third-order valence-corrected chi connectivity index (χ3v) is 3.35. The standard InChI is InChI=1S/C11H13FN4O4/c12-4-1-16(10-6(4)9(13)14-3-15-10)2-5-7(17)8(18)11(19)20-5/h1,3,5,7-8,11,17-19H,2H2,(H2,13,14,15)/t5-,7-,8-,11-/m1/s1. The Balaban J connectivity index is 1.94. The maximum atomic E-state index is 13.8. The fourth-order valence-corrected chi connectivity index (χ4v) is 2.31. The minimum atomic E-state index is -1.47. The van der Waals surface area contributed by atoms with Crippen LogP contribution in [0.25, 0.3) is 11.0 Å². The van der Waals surface area contributed by atoms with Gasteiger partial charge in [0, 0.05) is 6.20 Å². The molecule has 1 aliphatic heterocycles. The predicted octanol–water partition coefficient (Wildman–Crippen LogP) is -1.41. The smallest absolute Gasteiger partial charge is 0.184 e. The molecule has 5 N–H and O–H groups in total. The van der Waals surface area contributed by atoms with Gasteiger partial charge in [-0.05, 0) is 0 Å². The van der Waals surface area contributed by atoms with Gasteiger partial charge in [-0.25, -0.2) is 14.4 Å². The van der Waals surface area contributed by atoms with Gasteiger partial charge in [-0.3, -0.25) is 0 Å². The number of hydrogen-bond donors (Lipinski definition) is 4. The van der Waals surface area contributed by atoms with E-state index in [0.717, 1.165) is 6.20 Å². The first-order chi connectivity index (χ1) is 9.49. The van der Waals surface area contributed by atoms with Crippen molar-refractivity contribution in [3.63, 3.8) is 0 Å². The van der Waals surface area contributed by atoms with Crippen molar-refractivity contribution in [3.8, 4) is 0 Å². The molecule has 8 nitrogen and oxygen atoms in total. The second kappa shape index (κ2) is 4.63. The quantitative estimate of drug-likeness (QED) is 0.533. The lowest BCUT2D eigenvalue weighted by Crippen LogP contribution is -2.34. The second-order valence-corrected chi connectivity index (χ2v) is 4.63. The maximum absolute atomic E-state index is 13.8. The lowest BCUT2D eigenvalue weighted by Gasteiger charge is -2.15. The molecule has 1 saturated heterocycles. The molecule has 0 unspecified atom stereocenters. The lowest BCUT2D eigenvalue weighted by molar-refractivity contribution is -0.128. The molecule has 3 heterocycles. The van der Waals surface area contributed by atoms with Gasteiger partial charge in [-0.15, -0.1) is 0 Å². The number of nitrogens with two attached hydrogens (primary N) is 1. The molecule has 0 amide bonds. The van der Waals surface area contributed by atoms with Gasteiger partial charge < -0.3 is 30.4 Å². The van der Waals surface area contributed by atoms with E-state index in [2.05, 4.69) is 9.97 Å². The summed E-state index contributed by atoms with van der Waals surface area (Å²) >= 11 is 0. The largest absolute Gasteiger partial charge is 0.387 e. The molecule has 0 aliphatic carbocycles. The van der Waals surface area contributed by atoms with E-state index >= 15 is 0 Å². The van der Waals surface area contributed by atoms with Gasteiger partial charge in [-0.2, -0.15) is 0 Å². The van der Waals surface area contributed by atoms with E-state index in [0.29, 0.717) is 0 Å². The van der Waals surface area contributed by atoms with Gasteiger partial charge in [0.1, 0.15) is 36.1 Å². The van der Waals surface area contributed by atoms with Crippen LogP contribution in [-0.2, 0) is 11.3 Å². The third-order valence-electron chi connectivity index (χ3n) is 3.35. The summed E-state index contributed by atoms with van der Waals surface area (Å²) in [5, 5.41) is 28.5. The molecule has 20 heavy (non-hydrogen) atoms. The van der Waals surface area contributed by atoms with E-state index in [9.17, 15) is 19.7 Å². The number of nitrogen functional groups attached to an aromatic ring is 1. The number of aliphatic hydroxyl groups excluding tert-OH is 3. The van der Waals surface area contributed by atoms with Crippen molar-refractivity contribution in [2.45, 2.75) is 31.1 Å². The highest BCUT2D eigenvalue weighted by Gasteiger charge is 2.42. The average Bonchev–Trinajstić information content (AvgIpc) is 2.85. The van der Waals surface area contributed by atoms with Crippen molar-refractivity contribution in [1.82, 2.24) is 14.5 Å². The molecule has 2 aromatic rings. The Kier molecular flexibility index (Phi) is 3.05. The topological polar surface area (TPSA) is 127 Å². The SMILES string of the molecule is Nc1ncnc2c1c(F)cn2C[C@H]1O[C@@H](O)[C@H](O)[C@@H]1O. The summed E-state index contributed by atoms with van der Waals surface area (Å²) in [6.07, 6.45) is -2.67. The Bertz CT molecular complexity index is 649. The summed E-state index contributed by atoms with van der Waals surface area (Å²) in [6, 6.07) is 0. The summed E-state index contributed by atoms with van der Waals surface area (Å²) in [4.78, 5) is 7.64. The van der Waals surface area contributed by atoms with Crippen LogP contribution in [0.1, 0.15) is 0 Å². The van der Waals surface area contributed by atoms with Gasteiger partial charge in [0.2, 0.25) is 0 Å². The van der Waals surface area contributed by atoms with Crippen molar-refractivity contribution >= 4 is 16.9 Å². The molecular weight excluding hydrogens is 271 g/mol. The van der Waals surface area contributed by atoms with Gasteiger partial charge in [0.15, 0.2) is 12.1 Å². The monoisotopic (exact) mass is 284 g/mol. The number of nitrogens with zero attached hydrogens (tertiary/aromatic N) is 3. The molecule has 108 valence electrons. The first-order valence-corrected chi connectivity index (χ1v) is 5.93. The zero-order valence-corrected chi connectivity index (χ0v) is 10.2. The highest BCUT2D eigenvalue weighted by atomic mass is 19.1. The van der Waals surface area contributed by atoms with Crippen LogP contribution >= 0.6 is 0 Å². The number of ether oxygens (including phenoxy) is 1. The molecule has 1 aliphatic rings. The van der Waals surface area contributed by atoms with Crippen LogP contribution in [0, 0.1) is 5.82 Å². The summed E-state index contributed by atoms with van der Waals surface area (Å²) in [5.74, 6) is -0.578. The molecule has 0 aromatic carbocycles. The predicted molar refractivity (Wildman–Crippen MR) is 64.8 cm³/mol. The van der Waals surface area contributed by atoms with Crippen LogP contribution < -0.4 is 5.73 Å². The number of halogens is 1. The number of anilines is 1. The minimum Gasteiger partial charge on any atom is -0.387 e. The van der Waals surface area contributed by atoms with Crippen LogP contribution in [0.5, 0.6) is 0 Å². The molecule has 4 atom stereocenters. The third kappa shape index (κ3) is 1.91. The van der Waals surface area contributed by atoms with E-state index in [-0.39, 0.29) is 23.4 Å². The van der Waals surface area contributed by atoms with Crippen LogP contribution in [0.15, 0.2) is 12.5 Å². The highest BCUT2D eigenvalue weighted by molar-refractivity contribution is 5.86. The summed E-state index contributed by atoms with van der Waals surface area (Å²) in [7, 11) is 0. The van der Waals surface area contributed by atoms with Gasteiger partial charge >= 0.3 is 0 Å². The fourth-order valence-electron chi connectivity index (χ4n) is 2.31. The Morgan fingerprint density at radius 3 is 2.70 bits per heavy atom. The Morgan fingerprint density at radius 2 is 2.05 bits per heavy atom. The summed E-state index contributed by atoms with van der Waals surface area (Å²) in [5.41, 5.74) is 5.84. The summed E-state index contributed by atoms with van der Waals surface area (Å²) in [6.45, 7) is 0.00611. The summed E-state index contributed by atoms with van der Waals surface area (Å²) < 4.78 is 20.2. The number of aliphatic hydroxyl groups is 3. The van der Waals surface area contributed by atoms with Crippen molar-refractivity contribution in [1.29, 1.82) is 0 Å². The minimum absolute atomic E-state index is 0.00611. The molecule has 0 saturated carbocycles. The first kappa shape index (κ1) is 13.2. The van der Waals surface area contributed by atoms with Gasteiger partial charge in [-0.1, -0.05) is 0 Å². The van der Waals surface area contributed by atoms with E-state index in [1.807, 2.05) is 0 Å². The van der Waals surface area contributed by atoms with Crippen molar-refractivity contribution < 1.29 is 24.4 Å². The van der Waals surface area contributed by atoms with Crippen molar-refractivity contribution in [2.75, 3.05) is 5.73 Å². The van der Waals surface area contributed by atoms with Crippen LogP contribution in [0.2, 0.25) is 0 Å². The van der Waals surface area contributed by atoms with Gasteiger partial charge in [0.25, 0.3) is 0 Å². The van der Waals surface area contributed by atoms with Crippen molar-refractivity contribution in [3.05, 3.63) is 18.3 Å². The number of rotatable bonds is 2. The second-order valence-electron chi connectivity index (χ2n) is 4.63. The zero-order chi connectivity index (χ0) is 14.4. The lowest BCUT2D eigenvalue weighted by atomic mass is 10.1. The van der Waals surface area contributed by atoms with Crippen molar-refractivity contribution in [2.24, 2.45) is 0 Å². The first-order valence-electron chi connectivity index (χ1n) is 5.93. The molecule has 1 fully saturated rings. The van der Waals surface area contributed by atoms with Gasteiger partial charge in [0.05, 0.1) is 11.9 Å². The highest BCUT2D eigenvalue weighted by Crippen LogP contribution is 2.26. The molecule has 0 radical (unpaired) electrons. The number of aromatic nitrogens is 3. The van der Waals surface area contributed by atoms with Crippen LogP contribution in [0.4, 0.5) is 10.2 Å². The molecule has 0 bridgehead atoms. The van der Waals surface area contributed by atoms with Crippen LogP contribution in [-0.4, -0.2) is 54.5 Å². The molecule has 2 aromatic heterocycles. The Morgan fingerprint density at radius 1 is 1.30 bits per heavy atom. The Hall–Kier alpha value is -1.81. The molecule has 9 heteroatoms. The fraction of sp³-hybridized carbons (Fsp3) is 0.455.